The average molecular weight is 278 g/mol. The summed E-state index contributed by atoms with van der Waals surface area (Å²) in [7, 11) is 0. The number of piperidine rings is 1. The number of halogens is 1. The molecule has 20 heavy (non-hydrogen) atoms. The zero-order valence-electron chi connectivity index (χ0n) is 12.8. The third-order valence-electron chi connectivity index (χ3n) is 4.08. The first-order chi connectivity index (χ1) is 9.69. The fourth-order valence-corrected chi connectivity index (χ4v) is 3.06. The lowest BCUT2D eigenvalue weighted by Crippen LogP contribution is -2.38. The van der Waals surface area contributed by atoms with Crippen LogP contribution >= 0.6 is 0 Å². The van der Waals surface area contributed by atoms with Crippen molar-refractivity contribution in [2.24, 2.45) is 5.92 Å². The molecule has 0 saturated carbocycles. The van der Waals surface area contributed by atoms with Crippen LogP contribution < -0.4 is 5.32 Å². The number of aryl methyl sites for hydroxylation is 1. The van der Waals surface area contributed by atoms with Crippen molar-refractivity contribution in [2.75, 3.05) is 26.2 Å². The van der Waals surface area contributed by atoms with Gasteiger partial charge in [0.25, 0.3) is 0 Å². The van der Waals surface area contributed by atoms with Crippen molar-refractivity contribution in [3.63, 3.8) is 0 Å². The van der Waals surface area contributed by atoms with Crippen molar-refractivity contribution >= 4 is 0 Å². The standard InChI is InChI=1S/C17H27FN2/c1-3-9-20(13-16-5-4-8-19-11-16)12-15-6-7-17(18)14(2)10-15/h6-7,10,16,19H,3-5,8-9,11-13H2,1-2H3. The van der Waals surface area contributed by atoms with E-state index in [-0.39, 0.29) is 5.82 Å². The summed E-state index contributed by atoms with van der Waals surface area (Å²) in [6.07, 6.45) is 3.79. The van der Waals surface area contributed by atoms with Gasteiger partial charge >= 0.3 is 0 Å². The van der Waals surface area contributed by atoms with E-state index in [2.05, 4.69) is 17.1 Å². The predicted octanol–water partition coefficient (Wildman–Crippen LogP) is 3.35. The number of hydrogen-bond donors (Lipinski definition) is 1. The van der Waals surface area contributed by atoms with Gasteiger partial charge in [0.1, 0.15) is 5.82 Å². The molecule has 0 bridgehead atoms. The van der Waals surface area contributed by atoms with Crippen LogP contribution in [0.3, 0.4) is 0 Å². The summed E-state index contributed by atoms with van der Waals surface area (Å²) in [5, 5.41) is 3.49. The Morgan fingerprint density at radius 3 is 2.90 bits per heavy atom. The molecule has 2 nitrogen and oxygen atoms in total. The first kappa shape index (κ1) is 15.5. The maximum atomic E-state index is 13.3. The zero-order valence-corrected chi connectivity index (χ0v) is 12.8. The Morgan fingerprint density at radius 1 is 1.40 bits per heavy atom. The molecule has 3 heteroatoms. The number of nitrogens with one attached hydrogen (secondary N) is 1. The first-order valence-corrected chi connectivity index (χ1v) is 7.87. The summed E-state index contributed by atoms with van der Waals surface area (Å²) in [4.78, 5) is 2.52. The summed E-state index contributed by atoms with van der Waals surface area (Å²) in [5.41, 5.74) is 1.97. The number of hydrogen-bond acceptors (Lipinski definition) is 2. The monoisotopic (exact) mass is 278 g/mol. The second kappa shape index (κ2) is 7.75. The van der Waals surface area contributed by atoms with Gasteiger partial charge in [-0.15, -0.1) is 0 Å². The van der Waals surface area contributed by atoms with Gasteiger partial charge in [0.15, 0.2) is 0 Å². The van der Waals surface area contributed by atoms with Gasteiger partial charge in [0, 0.05) is 13.1 Å². The van der Waals surface area contributed by atoms with E-state index in [1.807, 2.05) is 19.1 Å². The molecule has 112 valence electrons. The van der Waals surface area contributed by atoms with Crippen LogP contribution in [0.4, 0.5) is 4.39 Å². The van der Waals surface area contributed by atoms with E-state index < -0.39 is 0 Å². The van der Waals surface area contributed by atoms with E-state index in [0.717, 1.165) is 37.7 Å². The highest BCUT2D eigenvalue weighted by molar-refractivity contribution is 5.23. The lowest BCUT2D eigenvalue weighted by atomic mass is 9.98. The van der Waals surface area contributed by atoms with Crippen LogP contribution in [0.5, 0.6) is 0 Å². The molecular weight excluding hydrogens is 251 g/mol. The lowest BCUT2D eigenvalue weighted by molar-refractivity contribution is 0.201. The van der Waals surface area contributed by atoms with Gasteiger partial charge in [-0.05, 0) is 68.9 Å². The van der Waals surface area contributed by atoms with Crippen molar-refractivity contribution in [3.8, 4) is 0 Å². The second-order valence-corrected chi connectivity index (χ2v) is 6.03. The molecule has 1 aliphatic rings. The molecule has 0 amide bonds. The van der Waals surface area contributed by atoms with Crippen LogP contribution in [0.1, 0.15) is 37.3 Å². The largest absolute Gasteiger partial charge is 0.316 e. The van der Waals surface area contributed by atoms with E-state index in [9.17, 15) is 4.39 Å². The third-order valence-corrected chi connectivity index (χ3v) is 4.08. The lowest BCUT2D eigenvalue weighted by Gasteiger charge is -2.30. The number of rotatable bonds is 6. The maximum Gasteiger partial charge on any atom is 0.126 e. The van der Waals surface area contributed by atoms with Crippen molar-refractivity contribution in [2.45, 2.75) is 39.7 Å². The van der Waals surface area contributed by atoms with Gasteiger partial charge in [0.05, 0.1) is 0 Å². The van der Waals surface area contributed by atoms with E-state index in [0.29, 0.717) is 0 Å². The highest BCUT2D eigenvalue weighted by Gasteiger charge is 2.17. The average Bonchev–Trinajstić information content (AvgIpc) is 2.44. The molecule has 1 saturated heterocycles. The molecule has 0 aromatic heterocycles. The molecule has 1 fully saturated rings. The van der Waals surface area contributed by atoms with Gasteiger partial charge in [-0.2, -0.15) is 0 Å². The van der Waals surface area contributed by atoms with Gasteiger partial charge in [-0.3, -0.25) is 4.90 Å². The van der Waals surface area contributed by atoms with Gasteiger partial charge in [-0.1, -0.05) is 19.1 Å². The molecule has 1 unspecified atom stereocenters. The third kappa shape index (κ3) is 4.57. The molecule has 1 N–H and O–H groups in total. The van der Waals surface area contributed by atoms with Crippen molar-refractivity contribution in [3.05, 3.63) is 35.1 Å². The van der Waals surface area contributed by atoms with Crippen LogP contribution in [-0.4, -0.2) is 31.1 Å². The SMILES string of the molecule is CCCN(Cc1ccc(F)c(C)c1)CC1CCCNC1. The van der Waals surface area contributed by atoms with Gasteiger partial charge < -0.3 is 5.32 Å². The smallest absolute Gasteiger partial charge is 0.126 e. The Balaban J connectivity index is 1.94. The molecule has 1 aliphatic heterocycles. The fourth-order valence-electron chi connectivity index (χ4n) is 3.06. The predicted molar refractivity (Wildman–Crippen MR) is 82.3 cm³/mol. The molecule has 1 atom stereocenters. The van der Waals surface area contributed by atoms with Crippen molar-refractivity contribution in [1.29, 1.82) is 0 Å². The van der Waals surface area contributed by atoms with E-state index in [4.69, 9.17) is 0 Å². The molecule has 0 spiro atoms. The summed E-state index contributed by atoms with van der Waals surface area (Å²) >= 11 is 0. The van der Waals surface area contributed by atoms with Crippen LogP contribution in [0, 0.1) is 18.7 Å². The van der Waals surface area contributed by atoms with Crippen LogP contribution in [0.25, 0.3) is 0 Å². The molecular formula is C17H27FN2. The summed E-state index contributed by atoms with van der Waals surface area (Å²) in [6, 6.07) is 5.50. The highest BCUT2D eigenvalue weighted by Crippen LogP contribution is 2.16. The molecule has 0 aliphatic carbocycles. The van der Waals surface area contributed by atoms with Crippen molar-refractivity contribution in [1.82, 2.24) is 10.2 Å². The number of nitrogens with zero attached hydrogens (tertiary/aromatic N) is 1. The molecule has 1 heterocycles. The minimum absolute atomic E-state index is 0.104. The molecule has 1 aromatic rings. The Labute approximate surface area is 122 Å². The quantitative estimate of drug-likeness (QED) is 0.858. The fraction of sp³-hybridized carbons (Fsp3) is 0.647. The molecule has 2 rings (SSSR count). The summed E-state index contributed by atoms with van der Waals surface area (Å²) in [6.45, 7) is 9.58. The van der Waals surface area contributed by atoms with Crippen molar-refractivity contribution < 1.29 is 4.39 Å². The minimum Gasteiger partial charge on any atom is -0.316 e. The normalized spacial score (nSPS) is 19.5. The van der Waals surface area contributed by atoms with Crippen LogP contribution in [-0.2, 0) is 6.54 Å². The summed E-state index contributed by atoms with van der Waals surface area (Å²) in [5.74, 6) is 0.657. The molecule has 1 aromatic carbocycles. The second-order valence-electron chi connectivity index (χ2n) is 6.03. The first-order valence-electron chi connectivity index (χ1n) is 7.87. The Kier molecular flexibility index (Phi) is 5.99. The van der Waals surface area contributed by atoms with Gasteiger partial charge in [-0.25, -0.2) is 4.39 Å². The van der Waals surface area contributed by atoms with Crippen LogP contribution in [0.15, 0.2) is 18.2 Å². The topological polar surface area (TPSA) is 15.3 Å². The summed E-state index contributed by atoms with van der Waals surface area (Å²) < 4.78 is 13.3. The minimum atomic E-state index is -0.104. The maximum absolute atomic E-state index is 13.3. The van der Waals surface area contributed by atoms with Gasteiger partial charge in [0.2, 0.25) is 0 Å². The number of benzene rings is 1. The Bertz CT molecular complexity index is 413. The van der Waals surface area contributed by atoms with Crippen LogP contribution in [0.2, 0.25) is 0 Å². The zero-order chi connectivity index (χ0) is 14.4. The highest BCUT2D eigenvalue weighted by atomic mass is 19.1. The molecule has 0 radical (unpaired) electrons. The van der Waals surface area contributed by atoms with E-state index in [1.54, 1.807) is 6.07 Å². The van der Waals surface area contributed by atoms with E-state index >= 15 is 0 Å². The Morgan fingerprint density at radius 2 is 2.25 bits per heavy atom. The Hall–Kier alpha value is -0.930. The van der Waals surface area contributed by atoms with E-state index in [1.165, 1.54) is 31.4 Å².